The molecule has 0 unspecified atom stereocenters. The van der Waals surface area contributed by atoms with Crippen LogP contribution in [0, 0.1) is 22.7 Å². The van der Waals surface area contributed by atoms with Crippen LogP contribution in [0.2, 0.25) is 0 Å². The van der Waals surface area contributed by atoms with Crippen LogP contribution >= 0.6 is 11.3 Å². The summed E-state index contributed by atoms with van der Waals surface area (Å²) in [4.78, 5) is 16.5. The molecule has 1 aliphatic carbocycles. The van der Waals surface area contributed by atoms with Crippen LogP contribution in [0.25, 0.3) is 0 Å². The number of hydrogen-bond donors (Lipinski definition) is 1. The SMILES string of the molecule is CC1CC(C#N)(C(=O)Nc2nc(C(C)C)cs2)C1. The van der Waals surface area contributed by atoms with Gasteiger partial charge in [-0.3, -0.25) is 4.79 Å². The molecule has 2 rings (SSSR count). The largest absolute Gasteiger partial charge is 0.301 e. The number of nitrogens with zero attached hydrogens (tertiary/aromatic N) is 2. The molecule has 1 aliphatic rings. The number of hydrogen-bond acceptors (Lipinski definition) is 4. The third-order valence-electron chi connectivity index (χ3n) is 3.38. The van der Waals surface area contributed by atoms with Crippen LogP contribution in [-0.4, -0.2) is 10.9 Å². The maximum absolute atomic E-state index is 12.1. The summed E-state index contributed by atoms with van der Waals surface area (Å²) in [7, 11) is 0. The molecule has 4 nitrogen and oxygen atoms in total. The third-order valence-corrected chi connectivity index (χ3v) is 4.15. The zero-order chi connectivity index (χ0) is 13.3. The highest BCUT2D eigenvalue weighted by atomic mass is 32.1. The Labute approximate surface area is 111 Å². The molecule has 0 saturated heterocycles. The summed E-state index contributed by atoms with van der Waals surface area (Å²) in [5.74, 6) is 0.603. The van der Waals surface area contributed by atoms with Crippen LogP contribution in [0.15, 0.2) is 5.38 Å². The quantitative estimate of drug-likeness (QED) is 0.911. The normalized spacial score (nSPS) is 26.5. The minimum Gasteiger partial charge on any atom is -0.301 e. The summed E-state index contributed by atoms with van der Waals surface area (Å²) in [5.41, 5.74) is 0.145. The van der Waals surface area contributed by atoms with Crippen molar-refractivity contribution in [3.8, 4) is 6.07 Å². The van der Waals surface area contributed by atoms with Crippen molar-refractivity contribution in [2.24, 2.45) is 11.3 Å². The molecule has 96 valence electrons. The monoisotopic (exact) mass is 263 g/mol. The van der Waals surface area contributed by atoms with Crippen molar-refractivity contribution in [1.82, 2.24) is 4.98 Å². The fourth-order valence-corrected chi connectivity index (χ4v) is 3.15. The van der Waals surface area contributed by atoms with Crippen LogP contribution in [-0.2, 0) is 4.79 Å². The minimum absolute atomic E-state index is 0.201. The number of nitrogens with one attached hydrogen (secondary N) is 1. The number of nitriles is 1. The lowest BCUT2D eigenvalue weighted by molar-refractivity contribution is -0.128. The second kappa shape index (κ2) is 4.69. The molecule has 0 radical (unpaired) electrons. The topological polar surface area (TPSA) is 65.8 Å². The summed E-state index contributed by atoms with van der Waals surface area (Å²) >= 11 is 1.42. The molecule has 5 heteroatoms. The van der Waals surface area contributed by atoms with Crippen LogP contribution in [0.1, 0.15) is 45.2 Å². The summed E-state index contributed by atoms with van der Waals surface area (Å²) < 4.78 is 0. The molecule has 1 fully saturated rings. The molecule has 1 saturated carbocycles. The number of carbonyl (C=O) groups excluding carboxylic acids is 1. The second-order valence-corrected chi connectivity index (χ2v) is 6.25. The van der Waals surface area contributed by atoms with Gasteiger partial charge in [0.1, 0.15) is 5.41 Å². The van der Waals surface area contributed by atoms with Crippen molar-refractivity contribution in [3.63, 3.8) is 0 Å². The number of thiazole rings is 1. The zero-order valence-electron chi connectivity index (χ0n) is 10.9. The molecule has 0 spiro atoms. The highest BCUT2D eigenvalue weighted by Gasteiger charge is 2.49. The number of rotatable bonds is 3. The van der Waals surface area contributed by atoms with Gasteiger partial charge in [0, 0.05) is 5.38 Å². The first kappa shape index (κ1) is 13.0. The number of amides is 1. The molecule has 1 N–H and O–H groups in total. The van der Waals surface area contributed by atoms with Gasteiger partial charge in [-0.1, -0.05) is 20.8 Å². The van der Waals surface area contributed by atoms with Crippen molar-refractivity contribution in [2.75, 3.05) is 5.32 Å². The van der Waals surface area contributed by atoms with E-state index in [1.54, 1.807) is 0 Å². The van der Waals surface area contributed by atoms with E-state index in [1.165, 1.54) is 11.3 Å². The molecule has 1 aromatic rings. The Balaban J connectivity index is 2.05. The lowest BCUT2D eigenvalue weighted by Crippen LogP contribution is -2.45. The van der Waals surface area contributed by atoms with E-state index in [-0.39, 0.29) is 5.91 Å². The molecule has 0 atom stereocenters. The van der Waals surface area contributed by atoms with E-state index in [0.717, 1.165) is 5.69 Å². The van der Waals surface area contributed by atoms with Gasteiger partial charge >= 0.3 is 0 Å². The van der Waals surface area contributed by atoms with Crippen LogP contribution in [0.3, 0.4) is 0 Å². The van der Waals surface area contributed by atoms with Gasteiger partial charge < -0.3 is 5.32 Å². The van der Waals surface area contributed by atoms with Crippen LogP contribution < -0.4 is 5.32 Å². The zero-order valence-corrected chi connectivity index (χ0v) is 11.7. The lowest BCUT2D eigenvalue weighted by atomic mass is 9.63. The highest BCUT2D eigenvalue weighted by Crippen LogP contribution is 2.45. The predicted molar refractivity (Wildman–Crippen MR) is 71.3 cm³/mol. The van der Waals surface area contributed by atoms with Gasteiger partial charge in [-0.15, -0.1) is 11.3 Å². The molecule has 18 heavy (non-hydrogen) atoms. The predicted octanol–water partition coefficient (Wildman–Crippen LogP) is 3.14. The first-order chi connectivity index (χ1) is 8.47. The molecular formula is C13H17N3OS. The Morgan fingerprint density at radius 2 is 2.33 bits per heavy atom. The maximum Gasteiger partial charge on any atom is 0.246 e. The summed E-state index contributed by atoms with van der Waals surface area (Å²) in [6.07, 6.45) is 1.30. The van der Waals surface area contributed by atoms with Crippen molar-refractivity contribution in [1.29, 1.82) is 5.26 Å². The lowest BCUT2D eigenvalue weighted by Gasteiger charge is -2.38. The molecule has 0 aromatic carbocycles. The van der Waals surface area contributed by atoms with E-state index in [2.05, 4.69) is 37.1 Å². The van der Waals surface area contributed by atoms with E-state index >= 15 is 0 Å². The minimum atomic E-state index is -0.830. The Hall–Kier alpha value is -1.41. The summed E-state index contributed by atoms with van der Waals surface area (Å²) in [6, 6.07) is 2.16. The number of carbonyl (C=O) groups is 1. The Bertz CT molecular complexity index is 495. The molecule has 1 amide bonds. The highest BCUT2D eigenvalue weighted by molar-refractivity contribution is 7.13. The van der Waals surface area contributed by atoms with Gasteiger partial charge in [0.15, 0.2) is 5.13 Å². The van der Waals surface area contributed by atoms with Gasteiger partial charge in [0.2, 0.25) is 5.91 Å². The molecular weight excluding hydrogens is 246 g/mol. The standard InChI is InChI=1S/C13H17N3OS/c1-8(2)10-6-18-12(15-10)16-11(17)13(7-14)4-9(3)5-13/h6,8-9H,4-5H2,1-3H3,(H,15,16,17). The fourth-order valence-electron chi connectivity index (χ4n) is 2.28. The van der Waals surface area contributed by atoms with E-state index in [1.807, 2.05) is 5.38 Å². The molecule has 1 heterocycles. The smallest absolute Gasteiger partial charge is 0.246 e. The number of anilines is 1. The summed E-state index contributed by atoms with van der Waals surface area (Å²) in [6.45, 7) is 6.18. The van der Waals surface area contributed by atoms with Crippen LogP contribution in [0.5, 0.6) is 0 Å². The van der Waals surface area contributed by atoms with Gasteiger partial charge in [0.25, 0.3) is 0 Å². The first-order valence-electron chi connectivity index (χ1n) is 6.15. The van der Waals surface area contributed by atoms with Crippen molar-refractivity contribution in [2.45, 2.75) is 39.5 Å². The van der Waals surface area contributed by atoms with Gasteiger partial charge in [-0.2, -0.15) is 5.26 Å². The van der Waals surface area contributed by atoms with Crippen molar-refractivity contribution < 1.29 is 4.79 Å². The average Bonchev–Trinajstić information content (AvgIpc) is 2.72. The molecule has 0 aliphatic heterocycles. The third kappa shape index (κ3) is 2.25. The van der Waals surface area contributed by atoms with E-state index < -0.39 is 5.41 Å². The Morgan fingerprint density at radius 3 is 2.78 bits per heavy atom. The van der Waals surface area contributed by atoms with Gasteiger partial charge in [-0.05, 0) is 24.7 Å². The van der Waals surface area contributed by atoms with Gasteiger partial charge in [-0.25, -0.2) is 4.98 Å². The molecule has 0 bridgehead atoms. The van der Waals surface area contributed by atoms with Crippen molar-refractivity contribution >= 4 is 22.4 Å². The first-order valence-corrected chi connectivity index (χ1v) is 7.03. The van der Waals surface area contributed by atoms with E-state index in [4.69, 9.17) is 5.26 Å². The van der Waals surface area contributed by atoms with Gasteiger partial charge in [0.05, 0.1) is 11.8 Å². The van der Waals surface area contributed by atoms with E-state index in [9.17, 15) is 4.79 Å². The van der Waals surface area contributed by atoms with Crippen molar-refractivity contribution in [3.05, 3.63) is 11.1 Å². The Kier molecular flexibility index (Phi) is 3.40. The van der Waals surface area contributed by atoms with E-state index in [0.29, 0.717) is 29.8 Å². The van der Waals surface area contributed by atoms with Crippen LogP contribution in [0.4, 0.5) is 5.13 Å². The number of aromatic nitrogens is 1. The average molecular weight is 263 g/mol. The maximum atomic E-state index is 12.1. The summed E-state index contributed by atoms with van der Waals surface area (Å²) in [5, 5.41) is 14.5. The fraction of sp³-hybridized carbons (Fsp3) is 0.615. The second-order valence-electron chi connectivity index (χ2n) is 5.39. The molecule has 1 aromatic heterocycles. The Morgan fingerprint density at radius 1 is 1.67 bits per heavy atom.